The van der Waals surface area contributed by atoms with Crippen LogP contribution >= 0.6 is 0 Å². The van der Waals surface area contributed by atoms with E-state index in [2.05, 4.69) is 14.0 Å². The van der Waals surface area contributed by atoms with Crippen molar-refractivity contribution in [3.63, 3.8) is 0 Å². The first-order valence-corrected chi connectivity index (χ1v) is 8.62. The molecule has 0 unspecified atom stereocenters. The van der Waals surface area contributed by atoms with Gasteiger partial charge in [0, 0.05) is 0 Å². The molecular formula is C9H20F2N2O4S2. The van der Waals surface area contributed by atoms with Crippen LogP contribution in [0.25, 0.3) is 4.13 Å². The Hall–Kier alpha value is -0.320. The molecule has 10 heteroatoms. The molecule has 0 atom stereocenters. The van der Waals surface area contributed by atoms with Gasteiger partial charge in [-0.05, 0) is 25.7 Å². The van der Waals surface area contributed by atoms with Crippen molar-refractivity contribution in [2.75, 3.05) is 26.7 Å². The average molecular weight is 322 g/mol. The largest absolute Gasteiger partial charge is 0.379 e. The summed E-state index contributed by atoms with van der Waals surface area (Å²) in [7, 11) is -8.83. The van der Waals surface area contributed by atoms with Gasteiger partial charge in [0.05, 0.1) is 26.7 Å². The topological polar surface area (TPSA) is 82.4 Å². The minimum atomic E-state index is -5.62. The van der Waals surface area contributed by atoms with Crippen LogP contribution in [0.3, 0.4) is 0 Å². The monoisotopic (exact) mass is 322 g/mol. The Labute approximate surface area is 114 Å². The summed E-state index contributed by atoms with van der Waals surface area (Å²) in [6.45, 7) is 6.53. The molecule has 1 rings (SSSR count). The molecule has 0 radical (unpaired) electrons. The lowest BCUT2D eigenvalue weighted by atomic mass is 10.1. The molecule has 1 fully saturated rings. The van der Waals surface area contributed by atoms with Gasteiger partial charge in [0.2, 0.25) is 20.8 Å². The standard InChI is InChI=1S/C9H20N.F2NO4S2/c1-3-7-10(2)8-5-4-6-9-10;1-8(4,5)3-9(2,6)7/h3-9H2,1-2H3;/q+1;-1. The van der Waals surface area contributed by atoms with Crippen molar-refractivity contribution in [2.45, 2.75) is 32.6 Å². The molecule has 116 valence electrons. The molecule has 1 heterocycles. The minimum Gasteiger partial charge on any atom is -0.379 e. The molecule has 0 aromatic rings. The summed E-state index contributed by atoms with van der Waals surface area (Å²) in [5.41, 5.74) is 0. The van der Waals surface area contributed by atoms with Gasteiger partial charge in [0.25, 0.3) is 0 Å². The van der Waals surface area contributed by atoms with E-state index >= 15 is 0 Å². The predicted molar refractivity (Wildman–Crippen MR) is 68.3 cm³/mol. The van der Waals surface area contributed by atoms with Crippen LogP contribution in [-0.4, -0.2) is 48.0 Å². The summed E-state index contributed by atoms with van der Waals surface area (Å²) in [5.74, 6) is 0. The SMILES string of the molecule is CCC[N+]1(C)CCCCC1.O=S(=O)(F)[N-]S(=O)(=O)F. The van der Waals surface area contributed by atoms with E-state index in [0.29, 0.717) is 0 Å². The quantitative estimate of drug-likeness (QED) is 0.584. The normalized spacial score (nSPS) is 19.4. The van der Waals surface area contributed by atoms with Crippen molar-refractivity contribution in [1.29, 1.82) is 0 Å². The molecule has 0 bridgehead atoms. The highest BCUT2D eigenvalue weighted by atomic mass is 32.3. The molecule has 19 heavy (non-hydrogen) atoms. The molecule has 6 nitrogen and oxygen atoms in total. The fourth-order valence-electron chi connectivity index (χ4n) is 2.15. The molecule has 0 aliphatic carbocycles. The Balaban J connectivity index is 0.000000344. The number of piperidine rings is 1. The molecule has 0 saturated carbocycles. The van der Waals surface area contributed by atoms with Crippen LogP contribution < -0.4 is 0 Å². The second-order valence-electron chi connectivity index (χ2n) is 4.75. The van der Waals surface area contributed by atoms with Crippen molar-refractivity contribution in [3.8, 4) is 0 Å². The Morgan fingerprint density at radius 2 is 1.42 bits per heavy atom. The molecule has 0 aromatic carbocycles. The smallest absolute Gasteiger partial charge is 0.241 e. The molecule has 1 saturated heterocycles. The predicted octanol–water partition coefficient (Wildman–Crippen LogP) is 1.82. The fraction of sp³-hybridized carbons (Fsp3) is 1.00. The maximum atomic E-state index is 11.1. The lowest BCUT2D eigenvalue weighted by Crippen LogP contribution is -2.48. The van der Waals surface area contributed by atoms with Crippen LogP contribution in [0.1, 0.15) is 32.6 Å². The van der Waals surface area contributed by atoms with Gasteiger partial charge in [-0.1, -0.05) is 6.92 Å². The molecule has 0 N–H and O–H groups in total. The van der Waals surface area contributed by atoms with Crippen molar-refractivity contribution in [1.82, 2.24) is 0 Å². The van der Waals surface area contributed by atoms with E-state index in [-0.39, 0.29) is 0 Å². The molecule has 0 spiro atoms. The Morgan fingerprint density at radius 1 is 1.00 bits per heavy atom. The van der Waals surface area contributed by atoms with E-state index < -0.39 is 20.8 Å². The maximum Gasteiger partial charge on any atom is 0.241 e. The fourth-order valence-corrected chi connectivity index (χ4v) is 3.00. The minimum absolute atomic E-state index is 1.15. The number of hydrogen-bond acceptors (Lipinski definition) is 4. The summed E-state index contributed by atoms with van der Waals surface area (Å²) >= 11 is 0. The third kappa shape index (κ3) is 11.2. The molecule has 0 amide bonds. The van der Waals surface area contributed by atoms with Gasteiger partial charge in [-0.2, -0.15) is 0 Å². The summed E-state index contributed by atoms with van der Waals surface area (Å²) in [6, 6.07) is 0. The Kier molecular flexibility index (Phi) is 7.33. The van der Waals surface area contributed by atoms with E-state index in [1.807, 2.05) is 0 Å². The summed E-state index contributed by atoms with van der Waals surface area (Å²) in [6.07, 6.45) is 5.72. The number of halogens is 2. The number of rotatable bonds is 4. The number of quaternary nitrogens is 1. The lowest BCUT2D eigenvalue weighted by molar-refractivity contribution is -0.914. The maximum absolute atomic E-state index is 11.1. The first-order valence-electron chi connectivity index (χ1n) is 5.94. The van der Waals surface area contributed by atoms with Crippen LogP contribution in [0, 0.1) is 0 Å². The van der Waals surface area contributed by atoms with Gasteiger partial charge >= 0.3 is 0 Å². The molecule has 1 aliphatic heterocycles. The highest BCUT2D eigenvalue weighted by Crippen LogP contribution is 2.16. The highest BCUT2D eigenvalue weighted by molar-refractivity contribution is 8.07. The Morgan fingerprint density at radius 3 is 1.68 bits per heavy atom. The first kappa shape index (κ1) is 18.7. The van der Waals surface area contributed by atoms with Crippen LogP contribution in [0.5, 0.6) is 0 Å². The van der Waals surface area contributed by atoms with E-state index in [1.54, 1.807) is 0 Å². The lowest BCUT2D eigenvalue weighted by Gasteiger charge is -2.37. The summed E-state index contributed by atoms with van der Waals surface area (Å²) in [4.78, 5) is 0. The van der Waals surface area contributed by atoms with Gasteiger partial charge in [0.15, 0.2) is 0 Å². The van der Waals surface area contributed by atoms with Gasteiger partial charge in [0.1, 0.15) is 0 Å². The van der Waals surface area contributed by atoms with Crippen molar-refractivity contribution < 1.29 is 29.1 Å². The van der Waals surface area contributed by atoms with E-state index in [9.17, 15) is 24.6 Å². The van der Waals surface area contributed by atoms with Gasteiger partial charge in [-0.25, -0.2) is 16.8 Å². The van der Waals surface area contributed by atoms with Crippen LogP contribution in [0.4, 0.5) is 7.77 Å². The zero-order valence-corrected chi connectivity index (χ0v) is 12.7. The average Bonchev–Trinajstić information content (AvgIpc) is 2.13. The van der Waals surface area contributed by atoms with Gasteiger partial charge in [-0.3, -0.25) is 0 Å². The summed E-state index contributed by atoms with van der Waals surface area (Å²) in [5, 5.41) is 0. The highest BCUT2D eigenvalue weighted by Gasteiger charge is 2.22. The van der Waals surface area contributed by atoms with Crippen LogP contribution in [-0.2, 0) is 20.8 Å². The second-order valence-corrected chi connectivity index (χ2v) is 6.99. The zero-order valence-electron chi connectivity index (χ0n) is 11.0. The van der Waals surface area contributed by atoms with Gasteiger partial charge in [-0.15, -0.1) is 7.77 Å². The van der Waals surface area contributed by atoms with E-state index in [4.69, 9.17) is 0 Å². The Bertz CT molecular complexity index is 423. The van der Waals surface area contributed by atoms with Crippen molar-refractivity contribution >= 4 is 20.8 Å². The second kappa shape index (κ2) is 7.46. The van der Waals surface area contributed by atoms with Crippen LogP contribution in [0.2, 0.25) is 0 Å². The number of hydrogen-bond donors (Lipinski definition) is 0. The van der Waals surface area contributed by atoms with Crippen LogP contribution in [0.15, 0.2) is 0 Å². The third-order valence-electron chi connectivity index (χ3n) is 2.84. The van der Waals surface area contributed by atoms with E-state index in [1.165, 1.54) is 49.8 Å². The first-order chi connectivity index (χ1) is 8.47. The molecule has 1 aliphatic rings. The number of nitrogens with zero attached hydrogens (tertiary/aromatic N) is 2. The third-order valence-corrected chi connectivity index (χ3v) is 4.26. The van der Waals surface area contributed by atoms with Gasteiger partial charge < -0.3 is 8.61 Å². The molecular weight excluding hydrogens is 302 g/mol. The van der Waals surface area contributed by atoms with Crippen molar-refractivity contribution in [3.05, 3.63) is 4.13 Å². The number of likely N-dealkylation sites (tertiary alicyclic amines) is 1. The summed E-state index contributed by atoms with van der Waals surface area (Å²) < 4.78 is 61.4. The zero-order chi connectivity index (χ0) is 15.2. The molecule has 0 aromatic heterocycles. The van der Waals surface area contributed by atoms with Crippen molar-refractivity contribution in [2.24, 2.45) is 0 Å². The van der Waals surface area contributed by atoms with E-state index in [0.717, 1.165) is 4.13 Å².